The van der Waals surface area contributed by atoms with Gasteiger partial charge in [-0.1, -0.05) is 13.8 Å². The van der Waals surface area contributed by atoms with E-state index in [-0.39, 0.29) is 5.82 Å². The predicted molar refractivity (Wildman–Crippen MR) is 73.3 cm³/mol. The highest BCUT2D eigenvalue weighted by atomic mass is 19.1. The SMILES string of the molecule is CC(C)CNCc1cc(F)ccc1OCCCC#N. The van der Waals surface area contributed by atoms with Crippen molar-refractivity contribution in [2.24, 2.45) is 5.92 Å². The first-order chi connectivity index (χ1) is 9.13. The monoisotopic (exact) mass is 264 g/mol. The van der Waals surface area contributed by atoms with E-state index in [0.717, 1.165) is 12.1 Å². The van der Waals surface area contributed by atoms with Crippen molar-refractivity contribution in [1.82, 2.24) is 5.32 Å². The van der Waals surface area contributed by atoms with Gasteiger partial charge in [0.15, 0.2) is 0 Å². The van der Waals surface area contributed by atoms with E-state index < -0.39 is 0 Å². The quantitative estimate of drug-likeness (QED) is 0.733. The molecular weight excluding hydrogens is 243 g/mol. The van der Waals surface area contributed by atoms with Crippen LogP contribution >= 0.6 is 0 Å². The van der Waals surface area contributed by atoms with Crippen molar-refractivity contribution < 1.29 is 9.13 Å². The minimum atomic E-state index is -0.259. The fraction of sp³-hybridized carbons (Fsp3) is 0.533. The second kappa shape index (κ2) is 8.49. The fourth-order valence-corrected chi connectivity index (χ4v) is 1.66. The third-order valence-electron chi connectivity index (χ3n) is 2.58. The number of halogens is 1. The first-order valence-electron chi connectivity index (χ1n) is 6.62. The largest absolute Gasteiger partial charge is 0.493 e. The minimum Gasteiger partial charge on any atom is -0.493 e. The summed E-state index contributed by atoms with van der Waals surface area (Å²) in [6, 6.07) is 6.61. The van der Waals surface area contributed by atoms with Crippen LogP contribution in [0.3, 0.4) is 0 Å². The molecule has 0 saturated heterocycles. The van der Waals surface area contributed by atoms with Crippen LogP contribution in [0.4, 0.5) is 4.39 Å². The third-order valence-corrected chi connectivity index (χ3v) is 2.58. The van der Waals surface area contributed by atoms with Gasteiger partial charge in [-0.2, -0.15) is 5.26 Å². The highest BCUT2D eigenvalue weighted by molar-refractivity contribution is 5.33. The molecule has 104 valence electrons. The average molecular weight is 264 g/mol. The Morgan fingerprint density at radius 2 is 2.21 bits per heavy atom. The van der Waals surface area contributed by atoms with Gasteiger partial charge in [0.1, 0.15) is 11.6 Å². The summed E-state index contributed by atoms with van der Waals surface area (Å²) in [7, 11) is 0. The highest BCUT2D eigenvalue weighted by Gasteiger charge is 2.06. The summed E-state index contributed by atoms with van der Waals surface area (Å²) < 4.78 is 18.8. The lowest BCUT2D eigenvalue weighted by molar-refractivity contribution is 0.308. The maximum Gasteiger partial charge on any atom is 0.123 e. The lowest BCUT2D eigenvalue weighted by Crippen LogP contribution is -2.19. The van der Waals surface area contributed by atoms with E-state index >= 15 is 0 Å². The van der Waals surface area contributed by atoms with Gasteiger partial charge >= 0.3 is 0 Å². The second-order valence-electron chi connectivity index (χ2n) is 4.89. The van der Waals surface area contributed by atoms with Crippen molar-refractivity contribution in [1.29, 1.82) is 5.26 Å². The zero-order chi connectivity index (χ0) is 14.1. The number of unbranched alkanes of at least 4 members (excludes halogenated alkanes) is 1. The van der Waals surface area contributed by atoms with Crippen LogP contribution in [-0.4, -0.2) is 13.2 Å². The van der Waals surface area contributed by atoms with Crippen LogP contribution < -0.4 is 10.1 Å². The molecule has 0 spiro atoms. The molecule has 1 N–H and O–H groups in total. The molecule has 4 heteroatoms. The zero-order valence-corrected chi connectivity index (χ0v) is 11.6. The summed E-state index contributed by atoms with van der Waals surface area (Å²) in [4.78, 5) is 0. The van der Waals surface area contributed by atoms with Gasteiger partial charge in [-0.15, -0.1) is 0 Å². The van der Waals surface area contributed by atoms with Gasteiger partial charge in [0.25, 0.3) is 0 Å². The standard InChI is InChI=1S/C15H21FN2O/c1-12(2)10-18-11-13-9-14(16)5-6-15(13)19-8-4-3-7-17/h5-6,9,12,18H,3-4,8,10-11H2,1-2H3. The molecule has 0 aliphatic heterocycles. The van der Waals surface area contributed by atoms with Crippen molar-refractivity contribution in [2.45, 2.75) is 33.2 Å². The van der Waals surface area contributed by atoms with Crippen molar-refractivity contribution in [3.8, 4) is 11.8 Å². The molecule has 0 aliphatic carbocycles. The van der Waals surface area contributed by atoms with Crippen LogP contribution in [0, 0.1) is 23.1 Å². The Balaban J connectivity index is 2.56. The smallest absolute Gasteiger partial charge is 0.123 e. The van der Waals surface area contributed by atoms with Crippen molar-refractivity contribution in [3.63, 3.8) is 0 Å². The topological polar surface area (TPSA) is 45.0 Å². The summed E-state index contributed by atoms with van der Waals surface area (Å²) in [6.07, 6.45) is 1.16. The lowest BCUT2D eigenvalue weighted by Gasteiger charge is -2.13. The molecule has 19 heavy (non-hydrogen) atoms. The normalized spacial score (nSPS) is 10.5. The average Bonchev–Trinajstić information content (AvgIpc) is 2.36. The molecule has 0 fully saturated rings. The summed E-state index contributed by atoms with van der Waals surface area (Å²) in [5.74, 6) is 0.981. The van der Waals surface area contributed by atoms with Crippen LogP contribution in [0.2, 0.25) is 0 Å². The molecule has 0 bridgehead atoms. The summed E-state index contributed by atoms with van der Waals surface area (Å²) in [5, 5.41) is 11.7. The molecule has 0 unspecified atom stereocenters. The molecular formula is C15H21FN2O. The molecule has 1 rings (SSSR count). The summed E-state index contributed by atoms with van der Waals surface area (Å²) in [5.41, 5.74) is 0.817. The van der Waals surface area contributed by atoms with Crippen LogP contribution in [-0.2, 0) is 6.54 Å². The number of nitrogens with zero attached hydrogens (tertiary/aromatic N) is 1. The van der Waals surface area contributed by atoms with Gasteiger partial charge in [0.2, 0.25) is 0 Å². The van der Waals surface area contributed by atoms with Gasteiger partial charge in [-0.25, -0.2) is 4.39 Å². The van der Waals surface area contributed by atoms with E-state index in [1.807, 2.05) is 0 Å². The van der Waals surface area contributed by atoms with Crippen molar-refractivity contribution in [3.05, 3.63) is 29.6 Å². The van der Waals surface area contributed by atoms with Gasteiger partial charge < -0.3 is 10.1 Å². The van der Waals surface area contributed by atoms with E-state index in [2.05, 4.69) is 25.2 Å². The second-order valence-corrected chi connectivity index (χ2v) is 4.89. The van der Waals surface area contributed by atoms with Crippen molar-refractivity contribution in [2.75, 3.05) is 13.2 Å². The molecule has 1 aromatic carbocycles. The Hall–Kier alpha value is -1.60. The number of nitriles is 1. The number of nitrogens with one attached hydrogen (secondary N) is 1. The lowest BCUT2D eigenvalue weighted by atomic mass is 10.1. The number of hydrogen-bond acceptors (Lipinski definition) is 3. The molecule has 3 nitrogen and oxygen atoms in total. The van der Waals surface area contributed by atoms with Gasteiger partial charge in [-0.05, 0) is 37.1 Å². The minimum absolute atomic E-state index is 0.259. The number of rotatable bonds is 8. The van der Waals surface area contributed by atoms with E-state index in [9.17, 15) is 4.39 Å². The van der Waals surface area contributed by atoms with E-state index in [1.54, 1.807) is 6.07 Å². The van der Waals surface area contributed by atoms with Crippen LogP contribution in [0.5, 0.6) is 5.75 Å². The predicted octanol–water partition coefficient (Wildman–Crippen LogP) is 3.25. The van der Waals surface area contributed by atoms with Crippen LogP contribution in [0.15, 0.2) is 18.2 Å². The van der Waals surface area contributed by atoms with Crippen molar-refractivity contribution >= 4 is 0 Å². The van der Waals surface area contributed by atoms with Crippen LogP contribution in [0.1, 0.15) is 32.3 Å². The Bertz CT molecular complexity index is 427. The zero-order valence-electron chi connectivity index (χ0n) is 11.6. The van der Waals surface area contributed by atoms with Gasteiger partial charge in [-0.3, -0.25) is 0 Å². The Morgan fingerprint density at radius 1 is 1.42 bits per heavy atom. The molecule has 0 saturated carbocycles. The van der Waals surface area contributed by atoms with E-state index in [1.165, 1.54) is 12.1 Å². The Kier molecular flexibility index (Phi) is 6.91. The van der Waals surface area contributed by atoms with Crippen LogP contribution in [0.25, 0.3) is 0 Å². The molecule has 0 atom stereocenters. The third kappa shape index (κ3) is 6.21. The van der Waals surface area contributed by atoms with Gasteiger partial charge in [0, 0.05) is 18.5 Å². The highest BCUT2D eigenvalue weighted by Crippen LogP contribution is 2.20. The fourth-order valence-electron chi connectivity index (χ4n) is 1.66. The number of ether oxygens (including phenoxy) is 1. The summed E-state index contributed by atoms with van der Waals surface area (Å²) >= 11 is 0. The molecule has 0 amide bonds. The van der Waals surface area contributed by atoms with E-state index in [4.69, 9.17) is 10.00 Å². The molecule has 0 radical (unpaired) electrons. The molecule has 0 heterocycles. The Labute approximate surface area is 114 Å². The molecule has 0 aromatic heterocycles. The Morgan fingerprint density at radius 3 is 2.89 bits per heavy atom. The van der Waals surface area contributed by atoms with E-state index in [0.29, 0.717) is 37.7 Å². The van der Waals surface area contributed by atoms with Gasteiger partial charge in [0.05, 0.1) is 12.7 Å². The maximum absolute atomic E-state index is 13.2. The first-order valence-corrected chi connectivity index (χ1v) is 6.62. The first kappa shape index (κ1) is 15.5. The number of hydrogen-bond donors (Lipinski definition) is 1. The maximum atomic E-state index is 13.2. The number of benzene rings is 1. The molecule has 0 aliphatic rings. The summed E-state index contributed by atoms with van der Waals surface area (Å²) in [6.45, 7) is 6.19. The molecule has 1 aromatic rings.